The van der Waals surface area contributed by atoms with Crippen LogP contribution in [0, 0.1) is 19.8 Å². The van der Waals surface area contributed by atoms with Gasteiger partial charge in [-0.2, -0.15) is 0 Å². The molecular formula is C13H21N3O3S. The van der Waals surface area contributed by atoms with E-state index in [2.05, 4.69) is 5.16 Å². The Morgan fingerprint density at radius 2 is 2.05 bits per heavy atom. The Morgan fingerprint density at radius 1 is 1.45 bits per heavy atom. The van der Waals surface area contributed by atoms with Gasteiger partial charge in [-0.15, -0.1) is 0 Å². The first kappa shape index (κ1) is 16.5. The molecule has 7 heteroatoms. The number of benzene rings is 1. The van der Waals surface area contributed by atoms with Crippen LogP contribution in [0.15, 0.2) is 28.3 Å². The lowest BCUT2D eigenvalue weighted by Crippen LogP contribution is -2.36. The van der Waals surface area contributed by atoms with E-state index in [1.165, 1.54) is 11.4 Å². The molecule has 0 aliphatic rings. The van der Waals surface area contributed by atoms with Gasteiger partial charge >= 0.3 is 0 Å². The molecule has 0 heterocycles. The number of sulfonamides is 1. The number of amidine groups is 1. The summed E-state index contributed by atoms with van der Waals surface area (Å²) in [7, 11) is -2.10. The lowest BCUT2D eigenvalue weighted by Gasteiger charge is -2.21. The summed E-state index contributed by atoms with van der Waals surface area (Å²) in [4.78, 5) is 0.275. The Morgan fingerprint density at radius 3 is 2.55 bits per heavy atom. The van der Waals surface area contributed by atoms with Crippen molar-refractivity contribution in [1.29, 1.82) is 0 Å². The third-order valence-corrected chi connectivity index (χ3v) is 5.15. The topological polar surface area (TPSA) is 96.0 Å². The molecule has 0 saturated heterocycles. The summed E-state index contributed by atoms with van der Waals surface area (Å²) in [5, 5.41) is 11.5. The standard InChI is InChI=1S/C13H21N3O3S/c1-9-5-6-12(10(2)7-9)20(18,19)16(4)8-11(3)13(14)15-17/h5-7,11,17H,8H2,1-4H3,(H2,14,15). The van der Waals surface area contributed by atoms with E-state index in [1.54, 1.807) is 26.0 Å². The number of hydrogen-bond acceptors (Lipinski definition) is 4. The van der Waals surface area contributed by atoms with Gasteiger partial charge < -0.3 is 10.9 Å². The van der Waals surface area contributed by atoms with Crippen LogP contribution in [-0.4, -0.2) is 37.4 Å². The molecule has 0 radical (unpaired) electrons. The Bertz CT molecular complexity index is 611. The first-order valence-corrected chi connectivity index (χ1v) is 7.65. The fraction of sp³-hybridized carbons (Fsp3) is 0.462. The van der Waals surface area contributed by atoms with Crippen molar-refractivity contribution in [3.8, 4) is 0 Å². The summed E-state index contributed by atoms with van der Waals surface area (Å²) >= 11 is 0. The van der Waals surface area contributed by atoms with Crippen LogP contribution in [0.3, 0.4) is 0 Å². The molecule has 0 aliphatic carbocycles. The monoisotopic (exact) mass is 299 g/mol. The maximum absolute atomic E-state index is 12.5. The zero-order valence-electron chi connectivity index (χ0n) is 12.2. The van der Waals surface area contributed by atoms with Crippen molar-refractivity contribution in [2.24, 2.45) is 16.8 Å². The van der Waals surface area contributed by atoms with Crippen molar-refractivity contribution in [2.45, 2.75) is 25.7 Å². The highest BCUT2D eigenvalue weighted by atomic mass is 32.2. The van der Waals surface area contributed by atoms with E-state index in [1.807, 2.05) is 13.0 Å². The van der Waals surface area contributed by atoms with Crippen molar-refractivity contribution in [1.82, 2.24) is 4.31 Å². The Kier molecular flexibility index (Phi) is 5.13. The summed E-state index contributed by atoms with van der Waals surface area (Å²) in [6, 6.07) is 5.19. The summed E-state index contributed by atoms with van der Waals surface area (Å²) < 4.78 is 26.2. The SMILES string of the molecule is Cc1ccc(S(=O)(=O)N(C)CC(C)C(N)=NO)c(C)c1. The first-order valence-electron chi connectivity index (χ1n) is 6.21. The minimum Gasteiger partial charge on any atom is -0.409 e. The van der Waals surface area contributed by atoms with Crippen LogP contribution < -0.4 is 5.73 Å². The van der Waals surface area contributed by atoms with Crippen molar-refractivity contribution in [3.63, 3.8) is 0 Å². The molecule has 0 amide bonds. The van der Waals surface area contributed by atoms with E-state index < -0.39 is 10.0 Å². The smallest absolute Gasteiger partial charge is 0.243 e. The molecule has 0 spiro atoms. The predicted octanol–water partition coefficient (Wildman–Crippen LogP) is 1.31. The maximum atomic E-state index is 12.5. The largest absolute Gasteiger partial charge is 0.409 e. The fourth-order valence-electron chi connectivity index (χ4n) is 1.93. The average molecular weight is 299 g/mol. The van der Waals surface area contributed by atoms with Crippen molar-refractivity contribution < 1.29 is 13.6 Å². The molecule has 6 nitrogen and oxygen atoms in total. The zero-order valence-corrected chi connectivity index (χ0v) is 13.0. The van der Waals surface area contributed by atoms with Gasteiger partial charge in [0.2, 0.25) is 10.0 Å². The van der Waals surface area contributed by atoms with Crippen LogP contribution >= 0.6 is 0 Å². The number of nitrogens with zero attached hydrogens (tertiary/aromatic N) is 2. The summed E-state index contributed by atoms with van der Waals surface area (Å²) in [5.74, 6) is -0.363. The lowest BCUT2D eigenvalue weighted by molar-refractivity contribution is 0.312. The minimum atomic E-state index is -3.58. The van der Waals surface area contributed by atoms with Crippen LogP contribution in [-0.2, 0) is 10.0 Å². The summed E-state index contributed by atoms with van der Waals surface area (Å²) in [5.41, 5.74) is 7.19. The maximum Gasteiger partial charge on any atom is 0.243 e. The second-order valence-electron chi connectivity index (χ2n) is 4.98. The van der Waals surface area contributed by atoms with Gasteiger partial charge in [-0.05, 0) is 25.5 Å². The number of nitrogens with two attached hydrogens (primary N) is 1. The van der Waals surface area contributed by atoms with Crippen LogP contribution in [0.2, 0.25) is 0 Å². The van der Waals surface area contributed by atoms with E-state index in [9.17, 15) is 8.42 Å². The zero-order chi connectivity index (χ0) is 15.5. The van der Waals surface area contributed by atoms with Crippen LogP contribution in [0.5, 0.6) is 0 Å². The normalized spacial score (nSPS) is 14.6. The highest BCUT2D eigenvalue weighted by molar-refractivity contribution is 7.89. The molecule has 0 aliphatic heterocycles. The van der Waals surface area contributed by atoms with Gasteiger partial charge in [0.05, 0.1) is 4.90 Å². The molecule has 0 saturated carbocycles. The lowest BCUT2D eigenvalue weighted by atomic mass is 10.1. The van der Waals surface area contributed by atoms with Crippen molar-refractivity contribution >= 4 is 15.9 Å². The molecule has 1 aromatic rings. The molecule has 1 unspecified atom stereocenters. The molecule has 0 aromatic heterocycles. The van der Waals surface area contributed by atoms with E-state index in [0.717, 1.165) is 5.56 Å². The highest BCUT2D eigenvalue weighted by Gasteiger charge is 2.25. The van der Waals surface area contributed by atoms with Gasteiger partial charge in [0.1, 0.15) is 5.84 Å². The van der Waals surface area contributed by atoms with Gasteiger partial charge in [0.15, 0.2) is 0 Å². The molecule has 112 valence electrons. The van der Waals surface area contributed by atoms with Gasteiger partial charge in [-0.3, -0.25) is 0 Å². The first-order chi connectivity index (χ1) is 9.20. The van der Waals surface area contributed by atoms with E-state index >= 15 is 0 Å². The number of hydrogen-bond donors (Lipinski definition) is 2. The van der Waals surface area contributed by atoms with Gasteiger partial charge in [-0.1, -0.05) is 29.8 Å². The molecule has 1 atom stereocenters. The van der Waals surface area contributed by atoms with Crippen LogP contribution in [0.1, 0.15) is 18.1 Å². The minimum absolute atomic E-state index is 0.00711. The number of rotatable bonds is 5. The highest BCUT2D eigenvalue weighted by Crippen LogP contribution is 2.20. The third kappa shape index (κ3) is 3.49. The Labute approximate surface area is 119 Å². The van der Waals surface area contributed by atoms with E-state index in [0.29, 0.717) is 5.56 Å². The number of oxime groups is 1. The van der Waals surface area contributed by atoms with Gasteiger partial charge in [0.25, 0.3) is 0 Å². The molecule has 0 bridgehead atoms. The van der Waals surface area contributed by atoms with Gasteiger partial charge in [0, 0.05) is 19.5 Å². The van der Waals surface area contributed by atoms with E-state index in [-0.39, 0.29) is 23.2 Å². The predicted molar refractivity (Wildman–Crippen MR) is 78.3 cm³/mol. The van der Waals surface area contributed by atoms with Crippen LogP contribution in [0.25, 0.3) is 0 Å². The molecule has 3 N–H and O–H groups in total. The second-order valence-corrected chi connectivity index (χ2v) is 6.99. The van der Waals surface area contributed by atoms with E-state index in [4.69, 9.17) is 10.9 Å². The number of aryl methyl sites for hydroxylation is 2. The summed E-state index contributed by atoms with van der Waals surface area (Å²) in [6.07, 6.45) is 0. The molecular weight excluding hydrogens is 278 g/mol. The summed E-state index contributed by atoms with van der Waals surface area (Å²) in [6.45, 7) is 5.52. The molecule has 20 heavy (non-hydrogen) atoms. The molecule has 1 rings (SSSR count). The Balaban J connectivity index is 3.04. The van der Waals surface area contributed by atoms with Gasteiger partial charge in [-0.25, -0.2) is 12.7 Å². The second kappa shape index (κ2) is 6.23. The fourth-order valence-corrected chi connectivity index (χ4v) is 3.39. The van der Waals surface area contributed by atoms with Crippen molar-refractivity contribution in [3.05, 3.63) is 29.3 Å². The Hall–Kier alpha value is -1.60. The molecule has 0 fully saturated rings. The van der Waals surface area contributed by atoms with Crippen LogP contribution in [0.4, 0.5) is 0 Å². The van der Waals surface area contributed by atoms with Crippen molar-refractivity contribution in [2.75, 3.05) is 13.6 Å². The third-order valence-electron chi connectivity index (χ3n) is 3.17. The quantitative estimate of drug-likeness (QED) is 0.371. The molecule has 1 aromatic carbocycles. The average Bonchev–Trinajstić information content (AvgIpc) is 2.36.